The molecule has 0 saturated carbocycles. The van der Waals surface area contributed by atoms with E-state index in [0.717, 1.165) is 17.1 Å². The minimum absolute atomic E-state index is 0.236. The first-order valence-electron chi connectivity index (χ1n) is 5.74. The second-order valence-electron chi connectivity index (χ2n) is 4.15. The molecule has 1 aromatic heterocycles. The fourth-order valence-electron chi connectivity index (χ4n) is 1.57. The molecule has 0 aliphatic heterocycles. The second-order valence-corrected chi connectivity index (χ2v) is 4.15. The highest BCUT2D eigenvalue weighted by Crippen LogP contribution is 2.18. The maximum Gasteiger partial charge on any atom is 0.143 e. The van der Waals surface area contributed by atoms with Crippen molar-refractivity contribution < 1.29 is 9.47 Å². The van der Waals surface area contributed by atoms with Gasteiger partial charge in [0.2, 0.25) is 0 Å². The molecule has 0 fully saturated rings. The number of aryl methyl sites for hydroxylation is 2. The van der Waals surface area contributed by atoms with Crippen molar-refractivity contribution in [3.63, 3.8) is 0 Å². The Kier molecular flexibility index (Phi) is 5.40. The van der Waals surface area contributed by atoms with Gasteiger partial charge in [-0.25, -0.2) is 5.84 Å². The highest BCUT2D eigenvalue weighted by atomic mass is 16.5. The summed E-state index contributed by atoms with van der Waals surface area (Å²) < 4.78 is 12.6. The van der Waals surface area contributed by atoms with Crippen LogP contribution in [0.5, 0.6) is 0 Å². The number of hydrogen-bond acceptors (Lipinski definition) is 5. The fraction of sp³-hybridized carbons (Fsp3) is 0.727. The number of rotatable bonds is 7. The van der Waals surface area contributed by atoms with Gasteiger partial charge in [-0.05, 0) is 20.8 Å². The number of hydrazine groups is 1. The maximum absolute atomic E-state index is 5.53. The Morgan fingerprint density at radius 1 is 1.41 bits per heavy atom. The first-order chi connectivity index (χ1) is 8.06. The summed E-state index contributed by atoms with van der Waals surface area (Å²) >= 11 is 0. The van der Waals surface area contributed by atoms with Crippen molar-refractivity contribution in [1.82, 2.24) is 9.78 Å². The molecule has 0 unspecified atom stereocenters. The lowest BCUT2D eigenvalue weighted by molar-refractivity contribution is 0.0143. The predicted molar refractivity (Wildman–Crippen MR) is 66.5 cm³/mol. The van der Waals surface area contributed by atoms with Crippen molar-refractivity contribution in [3.8, 4) is 0 Å². The zero-order valence-corrected chi connectivity index (χ0v) is 11.0. The van der Waals surface area contributed by atoms with Crippen molar-refractivity contribution in [2.24, 2.45) is 12.9 Å². The van der Waals surface area contributed by atoms with Crippen LogP contribution in [0.3, 0.4) is 0 Å². The zero-order chi connectivity index (χ0) is 12.8. The van der Waals surface area contributed by atoms with E-state index in [1.807, 2.05) is 27.8 Å². The molecule has 1 rings (SSSR count). The molecule has 17 heavy (non-hydrogen) atoms. The van der Waals surface area contributed by atoms with Crippen molar-refractivity contribution >= 4 is 5.82 Å². The van der Waals surface area contributed by atoms with Gasteiger partial charge >= 0.3 is 0 Å². The summed E-state index contributed by atoms with van der Waals surface area (Å²) in [6, 6.07) is 0. The van der Waals surface area contributed by atoms with Gasteiger partial charge in [0.25, 0.3) is 0 Å². The molecule has 0 aliphatic rings. The normalized spacial score (nSPS) is 11.2. The molecule has 6 heteroatoms. The van der Waals surface area contributed by atoms with Crippen LogP contribution in [0.25, 0.3) is 0 Å². The number of nitrogens with two attached hydrogens (primary N) is 1. The van der Waals surface area contributed by atoms with Crippen LogP contribution in [-0.4, -0.2) is 29.1 Å². The molecular weight excluding hydrogens is 220 g/mol. The Morgan fingerprint density at radius 3 is 2.71 bits per heavy atom. The first kappa shape index (κ1) is 14.0. The monoisotopic (exact) mass is 242 g/mol. The summed E-state index contributed by atoms with van der Waals surface area (Å²) in [5, 5.41) is 4.27. The van der Waals surface area contributed by atoms with E-state index in [1.54, 1.807) is 4.68 Å². The highest BCUT2D eigenvalue weighted by molar-refractivity contribution is 5.45. The molecule has 0 spiro atoms. The van der Waals surface area contributed by atoms with E-state index < -0.39 is 0 Å². The molecule has 0 bridgehead atoms. The smallest absolute Gasteiger partial charge is 0.143 e. The van der Waals surface area contributed by atoms with E-state index in [0.29, 0.717) is 19.8 Å². The third-order valence-corrected chi connectivity index (χ3v) is 2.41. The van der Waals surface area contributed by atoms with Gasteiger partial charge in [0, 0.05) is 12.6 Å². The van der Waals surface area contributed by atoms with Gasteiger partial charge in [-0.3, -0.25) is 4.68 Å². The minimum Gasteiger partial charge on any atom is -0.376 e. The maximum atomic E-state index is 5.53. The Balaban J connectivity index is 2.41. The minimum atomic E-state index is 0.236. The van der Waals surface area contributed by atoms with Crippen LogP contribution in [0.2, 0.25) is 0 Å². The van der Waals surface area contributed by atoms with Crippen LogP contribution in [0.4, 0.5) is 5.82 Å². The highest BCUT2D eigenvalue weighted by Gasteiger charge is 2.11. The van der Waals surface area contributed by atoms with Gasteiger partial charge in [0.15, 0.2) is 0 Å². The van der Waals surface area contributed by atoms with Gasteiger partial charge in [-0.15, -0.1) is 0 Å². The molecule has 3 N–H and O–H groups in total. The SMILES string of the molecule is Cc1nn(C)c(NN)c1COCCOC(C)C. The molecule has 0 amide bonds. The van der Waals surface area contributed by atoms with Crippen LogP contribution in [-0.2, 0) is 23.1 Å². The van der Waals surface area contributed by atoms with Gasteiger partial charge in [-0.2, -0.15) is 5.10 Å². The molecule has 0 saturated heterocycles. The summed E-state index contributed by atoms with van der Waals surface area (Å²) in [5.74, 6) is 6.23. The fourth-order valence-corrected chi connectivity index (χ4v) is 1.57. The third kappa shape index (κ3) is 3.99. The van der Waals surface area contributed by atoms with Crippen LogP contribution in [0, 0.1) is 6.92 Å². The second kappa shape index (κ2) is 6.58. The van der Waals surface area contributed by atoms with Crippen LogP contribution in [0.15, 0.2) is 0 Å². The van der Waals surface area contributed by atoms with Gasteiger partial charge < -0.3 is 14.9 Å². The summed E-state index contributed by atoms with van der Waals surface area (Å²) in [6.07, 6.45) is 0.236. The molecular formula is C11H22N4O2. The molecule has 0 aliphatic carbocycles. The zero-order valence-electron chi connectivity index (χ0n) is 11.0. The summed E-state index contributed by atoms with van der Waals surface area (Å²) in [7, 11) is 1.84. The Bertz CT molecular complexity index is 349. The predicted octanol–water partition coefficient (Wildman–Crippen LogP) is 0.956. The Hall–Kier alpha value is -1.11. The molecule has 0 atom stereocenters. The lowest BCUT2D eigenvalue weighted by Crippen LogP contribution is -2.14. The number of anilines is 1. The van der Waals surface area contributed by atoms with Gasteiger partial charge in [0.1, 0.15) is 5.82 Å². The van der Waals surface area contributed by atoms with E-state index in [1.165, 1.54) is 0 Å². The average Bonchev–Trinajstić information content (AvgIpc) is 2.52. The number of nitrogens with zero attached hydrogens (tertiary/aromatic N) is 2. The van der Waals surface area contributed by atoms with E-state index in [-0.39, 0.29) is 6.10 Å². The number of ether oxygens (including phenoxy) is 2. The number of aromatic nitrogens is 2. The summed E-state index contributed by atoms with van der Waals surface area (Å²) in [6.45, 7) is 7.59. The largest absolute Gasteiger partial charge is 0.376 e. The lowest BCUT2D eigenvalue weighted by atomic mass is 10.2. The number of hydrogen-bond donors (Lipinski definition) is 2. The molecule has 1 heterocycles. The van der Waals surface area contributed by atoms with Crippen molar-refractivity contribution in [3.05, 3.63) is 11.3 Å². The number of nitrogens with one attached hydrogen (secondary N) is 1. The summed E-state index contributed by atoms with van der Waals surface area (Å²) in [5.41, 5.74) is 4.54. The van der Waals surface area contributed by atoms with Gasteiger partial charge in [-0.1, -0.05) is 0 Å². The summed E-state index contributed by atoms with van der Waals surface area (Å²) in [4.78, 5) is 0. The van der Waals surface area contributed by atoms with E-state index in [2.05, 4.69) is 10.5 Å². The first-order valence-corrected chi connectivity index (χ1v) is 5.74. The van der Waals surface area contributed by atoms with E-state index in [4.69, 9.17) is 15.3 Å². The molecule has 6 nitrogen and oxygen atoms in total. The van der Waals surface area contributed by atoms with E-state index in [9.17, 15) is 0 Å². The van der Waals surface area contributed by atoms with Crippen LogP contribution in [0.1, 0.15) is 25.1 Å². The third-order valence-electron chi connectivity index (χ3n) is 2.41. The lowest BCUT2D eigenvalue weighted by Gasteiger charge is -2.09. The van der Waals surface area contributed by atoms with Crippen molar-refractivity contribution in [1.29, 1.82) is 0 Å². The van der Waals surface area contributed by atoms with Crippen LogP contribution < -0.4 is 11.3 Å². The standard InChI is InChI=1S/C11H22N4O2/c1-8(2)17-6-5-16-7-10-9(3)14-15(4)11(10)13-12/h8,13H,5-7,12H2,1-4H3. The quantitative estimate of drug-likeness (QED) is 0.423. The average molecular weight is 242 g/mol. The molecule has 1 aromatic rings. The van der Waals surface area contributed by atoms with Crippen molar-refractivity contribution in [2.45, 2.75) is 33.5 Å². The van der Waals surface area contributed by atoms with Crippen LogP contribution >= 0.6 is 0 Å². The Morgan fingerprint density at radius 2 is 2.12 bits per heavy atom. The van der Waals surface area contributed by atoms with E-state index >= 15 is 0 Å². The van der Waals surface area contributed by atoms with Crippen molar-refractivity contribution in [2.75, 3.05) is 18.6 Å². The van der Waals surface area contributed by atoms with Gasteiger partial charge in [0.05, 0.1) is 31.6 Å². The molecule has 0 radical (unpaired) electrons. The molecule has 0 aromatic carbocycles. The topological polar surface area (TPSA) is 74.3 Å². The number of nitrogen functional groups attached to an aromatic ring is 1. The molecule has 98 valence electrons. The Labute approximate surface area is 102 Å².